The van der Waals surface area contributed by atoms with Crippen LogP contribution in [0.3, 0.4) is 0 Å². The summed E-state index contributed by atoms with van der Waals surface area (Å²) in [4.78, 5) is 23.8. The average Bonchev–Trinajstić information content (AvgIpc) is 2.55. The second kappa shape index (κ2) is 7.23. The van der Waals surface area contributed by atoms with Gasteiger partial charge in [-0.05, 0) is 49.7 Å². The second-order valence-corrected chi connectivity index (χ2v) is 5.13. The van der Waals surface area contributed by atoms with E-state index >= 15 is 0 Å². The molecule has 0 saturated heterocycles. The number of amides is 1. The number of nitrogens with zero attached hydrogens (tertiary/aromatic N) is 1. The maximum Gasteiger partial charge on any atom is 0.338 e. The molecule has 0 aliphatic carbocycles. The summed E-state index contributed by atoms with van der Waals surface area (Å²) in [6, 6.07) is 13.9. The molecule has 0 aliphatic rings. The fourth-order valence-electron chi connectivity index (χ4n) is 1.99. The molecular formula is C18H16N2O3. The van der Waals surface area contributed by atoms with Crippen molar-refractivity contribution in [2.24, 2.45) is 0 Å². The lowest BCUT2D eigenvalue weighted by molar-refractivity contribution is -0.119. The smallest absolute Gasteiger partial charge is 0.338 e. The lowest BCUT2D eigenvalue weighted by atomic mass is 10.1. The zero-order valence-electron chi connectivity index (χ0n) is 12.9. The lowest BCUT2D eigenvalue weighted by Gasteiger charge is -2.08. The summed E-state index contributed by atoms with van der Waals surface area (Å²) >= 11 is 0. The van der Waals surface area contributed by atoms with Crippen LogP contribution in [0.15, 0.2) is 42.5 Å². The molecule has 23 heavy (non-hydrogen) atoms. The van der Waals surface area contributed by atoms with Crippen molar-refractivity contribution in [2.75, 3.05) is 11.9 Å². The summed E-state index contributed by atoms with van der Waals surface area (Å²) in [5, 5.41) is 11.3. The van der Waals surface area contributed by atoms with Crippen LogP contribution in [-0.2, 0) is 9.53 Å². The number of hydrogen-bond donors (Lipinski definition) is 1. The molecule has 1 amide bonds. The van der Waals surface area contributed by atoms with Crippen molar-refractivity contribution >= 4 is 17.6 Å². The third kappa shape index (κ3) is 4.42. The molecule has 0 bridgehead atoms. The molecule has 0 fully saturated rings. The van der Waals surface area contributed by atoms with Gasteiger partial charge in [-0.3, -0.25) is 4.79 Å². The molecule has 0 aliphatic heterocycles. The topological polar surface area (TPSA) is 79.2 Å². The monoisotopic (exact) mass is 308 g/mol. The highest BCUT2D eigenvalue weighted by Crippen LogP contribution is 2.12. The molecule has 0 atom stereocenters. The van der Waals surface area contributed by atoms with Crippen LogP contribution in [0.4, 0.5) is 5.69 Å². The van der Waals surface area contributed by atoms with Crippen LogP contribution < -0.4 is 5.32 Å². The molecule has 2 aromatic rings. The number of rotatable bonds is 4. The van der Waals surface area contributed by atoms with Crippen LogP contribution >= 0.6 is 0 Å². The molecule has 5 nitrogen and oxygen atoms in total. The van der Waals surface area contributed by atoms with Gasteiger partial charge in [0.25, 0.3) is 5.91 Å². The Morgan fingerprint density at radius 2 is 1.83 bits per heavy atom. The number of esters is 1. The van der Waals surface area contributed by atoms with Crippen molar-refractivity contribution in [2.45, 2.75) is 13.8 Å². The van der Waals surface area contributed by atoms with E-state index in [1.807, 2.05) is 32.0 Å². The molecule has 1 N–H and O–H groups in total. The van der Waals surface area contributed by atoms with Gasteiger partial charge in [-0.1, -0.05) is 17.7 Å². The van der Waals surface area contributed by atoms with Crippen molar-refractivity contribution in [1.82, 2.24) is 0 Å². The van der Waals surface area contributed by atoms with Gasteiger partial charge in [0.15, 0.2) is 6.61 Å². The average molecular weight is 308 g/mol. The maximum atomic E-state index is 12.0. The van der Waals surface area contributed by atoms with Gasteiger partial charge in [-0.15, -0.1) is 0 Å². The minimum absolute atomic E-state index is 0.369. The molecule has 116 valence electrons. The Morgan fingerprint density at radius 3 is 2.48 bits per heavy atom. The van der Waals surface area contributed by atoms with Gasteiger partial charge in [-0.2, -0.15) is 5.26 Å². The standard InChI is InChI=1S/C18H16N2O3/c1-12-3-4-13(2)16(9-12)18(22)23-11-17(21)20-15-7-5-14(10-19)6-8-15/h3-9H,11H2,1-2H3,(H,20,21). The van der Waals surface area contributed by atoms with Gasteiger partial charge in [0, 0.05) is 5.69 Å². The quantitative estimate of drug-likeness (QED) is 0.881. The Morgan fingerprint density at radius 1 is 1.13 bits per heavy atom. The van der Waals surface area contributed by atoms with Gasteiger partial charge in [-0.25, -0.2) is 4.79 Å². The normalized spacial score (nSPS) is 9.78. The van der Waals surface area contributed by atoms with E-state index in [1.54, 1.807) is 30.3 Å². The zero-order valence-corrected chi connectivity index (χ0v) is 12.9. The van der Waals surface area contributed by atoms with Crippen molar-refractivity contribution in [3.05, 3.63) is 64.7 Å². The Labute approximate surface area is 134 Å². The third-order valence-corrected chi connectivity index (χ3v) is 3.25. The molecule has 0 aromatic heterocycles. The van der Waals surface area contributed by atoms with Crippen LogP contribution in [0.5, 0.6) is 0 Å². The lowest BCUT2D eigenvalue weighted by Crippen LogP contribution is -2.21. The van der Waals surface area contributed by atoms with E-state index in [1.165, 1.54) is 0 Å². The number of nitriles is 1. The van der Waals surface area contributed by atoms with E-state index in [0.717, 1.165) is 11.1 Å². The Kier molecular flexibility index (Phi) is 5.11. The summed E-state index contributed by atoms with van der Waals surface area (Å²) in [7, 11) is 0. The number of aryl methyl sites for hydroxylation is 2. The molecule has 2 aromatic carbocycles. The van der Waals surface area contributed by atoms with Gasteiger partial charge < -0.3 is 10.1 Å². The van der Waals surface area contributed by atoms with Crippen molar-refractivity contribution < 1.29 is 14.3 Å². The summed E-state index contributed by atoms with van der Waals surface area (Å²) in [5.41, 5.74) is 3.25. The van der Waals surface area contributed by atoms with Gasteiger partial charge in [0.05, 0.1) is 17.2 Å². The molecule has 2 rings (SSSR count). The SMILES string of the molecule is Cc1ccc(C)c(C(=O)OCC(=O)Nc2ccc(C#N)cc2)c1. The number of carbonyl (C=O) groups is 2. The Hall–Kier alpha value is -3.13. The third-order valence-electron chi connectivity index (χ3n) is 3.25. The van der Waals surface area contributed by atoms with E-state index in [4.69, 9.17) is 10.00 Å². The fourth-order valence-corrected chi connectivity index (χ4v) is 1.99. The molecule has 5 heteroatoms. The predicted octanol–water partition coefficient (Wildman–Crippen LogP) is 2.97. The first kappa shape index (κ1) is 16.2. The Bertz CT molecular complexity index is 774. The minimum Gasteiger partial charge on any atom is -0.452 e. The van der Waals surface area contributed by atoms with Crippen molar-refractivity contribution in [3.8, 4) is 6.07 Å². The number of carbonyl (C=O) groups excluding carboxylic acids is 2. The van der Waals surface area contributed by atoms with E-state index in [9.17, 15) is 9.59 Å². The van der Waals surface area contributed by atoms with E-state index in [0.29, 0.717) is 16.8 Å². The minimum atomic E-state index is -0.527. The first-order valence-corrected chi connectivity index (χ1v) is 7.04. The van der Waals surface area contributed by atoms with Crippen LogP contribution in [-0.4, -0.2) is 18.5 Å². The molecule has 0 saturated carbocycles. The molecular weight excluding hydrogens is 292 g/mol. The van der Waals surface area contributed by atoms with Gasteiger partial charge >= 0.3 is 5.97 Å². The number of benzene rings is 2. The van der Waals surface area contributed by atoms with Crippen LogP contribution in [0.2, 0.25) is 0 Å². The van der Waals surface area contributed by atoms with Crippen LogP contribution in [0.1, 0.15) is 27.0 Å². The summed E-state index contributed by atoms with van der Waals surface area (Å²) in [6.07, 6.45) is 0. The van der Waals surface area contributed by atoms with E-state index in [-0.39, 0.29) is 6.61 Å². The zero-order chi connectivity index (χ0) is 16.8. The Balaban J connectivity index is 1.92. The van der Waals surface area contributed by atoms with Gasteiger partial charge in [0.1, 0.15) is 0 Å². The maximum absolute atomic E-state index is 12.0. The highest BCUT2D eigenvalue weighted by Gasteiger charge is 2.13. The highest BCUT2D eigenvalue weighted by atomic mass is 16.5. The first-order valence-electron chi connectivity index (χ1n) is 7.04. The van der Waals surface area contributed by atoms with Crippen molar-refractivity contribution in [3.63, 3.8) is 0 Å². The molecule has 0 spiro atoms. The van der Waals surface area contributed by atoms with Crippen LogP contribution in [0.25, 0.3) is 0 Å². The number of nitrogens with one attached hydrogen (secondary N) is 1. The summed E-state index contributed by atoms with van der Waals surface area (Å²) in [6.45, 7) is 3.33. The summed E-state index contributed by atoms with van der Waals surface area (Å²) in [5.74, 6) is -0.963. The van der Waals surface area contributed by atoms with E-state index in [2.05, 4.69) is 5.32 Å². The molecule has 0 unspecified atom stereocenters. The number of ether oxygens (including phenoxy) is 1. The number of anilines is 1. The number of hydrogen-bond acceptors (Lipinski definition) is 4. The summed E-state index contributed by atoms with van der Waals surface area (Å²) < 4.78 is 5.04. The van der Waals surface area contributed by atoms with Crippen molar-refractivity contribution in [1.29, 1.82) is 5.26 Å². The predicted molar refractivity (Wildman–Crippen MR) is 86.0 cm³/mol. The first-order chi connectivity index (χ1) is 11.0. The largest absolute Gasteiger partial charge is 0.452 e. The van der Waals surface area contributed by atoms with Crippen LogP contribution in [0, 0.1) is 25.2 Å². The molecule has 0 radical (unpaired) electrons. The second-order valence-electron chi connectivity index (χ2n) is 5.13. The fraction of sp³-hybridized carbons (Fsp3) is 0.167. The molecule has 0 heterocycles. The van der Waals surface area contributed by atoms with E-state index < -0.39 is 11.9 Å². The highest BCUT2D eigenvalue weighted by molar-refractivity contribution is 5.96. The van der Waals surface area contributed by atoms with Gasteiger partial charge in [0.2, 0.25) is 0 Å².